The van der Waals surface area contributed by atoms with Crippen LogP contribution in [0.5, 0.6) is 11.5 Å². The van der Waals surface area contributed by atoms with Crippen molar-refractivity contribution in [2.45, 2.75) is 19.9 Å². The Morgan fingerprint density at radius 1 is 1.42 bits per heavy atom. The molecule has 7 nitrogen and oxygen atoms in total. The minimum Gasteiger partial charge on any atom is -0.493 e. The van der Waals surface area contributed by atoms with Gasteiger partial charge in [-0.3, -0.25) is 9.59 Å². The Morgan fingerprint density at radius 2 is 2.12 bits per heavy atom. The molecular formula is C16H18ClN3O4. The van der Waals surface area contributed by atoms with Crippen molar-refractivity contribution >= 4 is 29.6 Å². The molecule has 0 saturated carbocycles. The van der Waals surface area contributed by atoms with Gasteiger partial charge in [-0.2, -0.15) is 5.10 Å². The molecule has 0 aliphatic rings. The highest BCUT2D eigenvalue weighted by Crippen LogP contribution is 2.35. The summed E-state index contributed by atoms with van der Waals surface area (Å²) in [5.41, 5.74) is 2.66. The first-order chi connectivity index (χ1) is 11.4. The van der Waals surface area contributed by atoms with Crippen molar-refractivity contribution < 1.29 is 19.1 Å². The van der Waals surface area contributed by atoms with Crippen LogP contribution in [-0.4, -0.2) is 37.8 Å². The van der Waals surface area contributed by atoms with Gasteiger partial charge in [-0.15, -0.1) is 6.42 Å². The molecular weight excluding hydrogens is 334 g/mol. The molecule has 1 rings (SSSR count). The lowest BCUT2D eigenvalue weighted by Gasteiger charge is -2.11. The third kappa shape index (κ3) is 5.82. The maximum Gasteiger partial charge on any atom is 0.329 e. The van der Waals surface area contributed by atoms with Crippen molar-refractivity contribution in [3.05, 3.63) is 22.7 Å². The normalized spacial score (nSPS) is 10.3. The van der Waals surface area contributed by atoms with Gasteiger partial charge >= 0.3 is 11.8 Å². The van der Waals surface area contributed by atoms with E-state index >= 15 is 0 Å². The Labute approximate surface area is 145 Å². The number of hydrogen-bond acceptors (Lipinski definition) is 5. The first-order valence-electron chi connectivity index (χ1n) is 6.96. The summed E-state index contributed by atoms with van der Waals surface area (Å²) in [4.78, 5) is 22.9. The van der Waals surface area contributed by atoms with E-state index in [2.05, 4.69) is 21.8 Å². The summed E-state index contributed by atoms with van der Waals surface area (Å²) in [6.45, 7) is 3.53. The van der Waals surface area contributed by atoms with Gasteiger partial charge in [0.15, 0.2) is 11.5 Å². The van der Waals surface area contributed by atoms with Crippen LogP contribution in [0.3, 0.4) is 0 Å². The first kappa shape index (κ1) is 19.3. The molecule has 0 spiro atoms. The number of amides is 2. The van der Waals surface area contributed by atoms with Crippen molar-refractivity contribution in [1.82, 2.24) is 10.7 Å². The summed E-state index contributed by atoms with van der Waals surface area (Å²) < 4.78 is 10.5. The molecule has 0 unspecified atom stereocenters. The van der Waals surface area contributed by atoms with Crippen LogP contribution in [0.25, 0.3) is 0 Å². The highest BCUT2D eigenvalue weighted by Gasteiger charge is 2.14. The number of nitrogens with zero attached hydrogens (tertiary/aromatic N) is 1. The second kappa shape index (κ2) is 9.43. The van der Waals surface area contributed by atoms with E-state index in [1.807, 2.05) is 0 Å². The van der Waals surface area contributed by atoms with E-state index in [0.717, 1.165) is 0 Å². The highest BCUT2D eigenvalue weighted by atomic mass is 35.5. The number of carbonyl (C=O) groups excluding carboxylic acids is 2. The first-order valence-corrected chi connectivity index (χ1v) is 7.34. The van der Waals surface area contributed by atoms with Gasteiger partial charge in [0.2, 0.25) is 0 Å². The second-order valence-electron chi connectivity index (χ2n) is 4.85. The summed E-state index contributed by atoms with van der Waals surface area (Å²) in [7, 11) is 1.45. The fourth-order valence-corrected chi connectivity index (χ4v) is 1.89. The second-order valence-corrected chi connectivity index (χ2v) is 5.26. The van der Waals surface area contributed by atoms with E-state index in [9.17, 15) is 9.59 Å². The number of ether oxygens (including phenoxy) is 2. The number of methoxy groups -OCH3 is 1. The molecule has 0 bridgehead atoms. The summed E-state index contributed by atoms with van der Waals surface area (Å²) >= 11 is 6.11. The maximum absolute atomic E-state index is 11.5. The van der Waals surface area contributed by atoms with Gasteiger partial charge in [0, 0.05) is 6.04 Å². The molecule has 0 radical (unpaired) electrons. The molecule has 0 atom stereocenters. The molecule has 2 N–H and O–H groups in total. The quantitative estimate of drug-likeness (QED) is 0.350. The van der Waals surface area contributed by atoms with Gasteiger partial charge in [-0.05, 0) is 31.5 Å². The average Bonchev–Trinajstić information content (AvgIpc) is 2.52. The lowest BCUT2D eigenvalue weighted by molar-refractivity contribution is -0.139. The molecule has 1 aromatic rings. The van der Waals surface area contributed by atoms with Crippen molar-refractivity contribution in [2.75, 3.05) is 13.7 Å². The molecule has 128 valence electrons. The Hall–Kier alpha value is -2.72. The van der Waals surface area contributed by atoms with Crippen LogP contribution in [0.2, 0.25) is 5.02 Å². The van der Waals surface area contributed by atoms with Crippen LogP contribution in [0, 0.1) is 12.3 Å². The number of hydrazone groups is 1. The summed E-state index contributed by atoms with van der Waals surface area (Å²) in [6, 6.07) is 3.01. The summed E-state index contributed by atoms with van der Waals surface area (Å²) in [6.07, 6.45) is 6.46. The Bertz CT molecular complexity index is 681. The smallest absolute Gasteiger partial charge is 0.329 e. The lowest BCUT2D eigenvalue weighted by Crippen LogP contribution is -2.41. The number of benzene rings is 1. The zero-order valence-corrected chi connectivity index (χ0v) is 14.3. The van der Waals surface area contributed by atoms with E-state index in [1.54, 1.807) is 26.0 Å². The van der Waals surface area contributed by atoms with E-state index in [-0.39, 0.29) is 17.7 Å². The molecule has 0 aromatic heterocycles. The third-order valence-electron chi connectivity index (χ3n) is 2.56. The van der Waals surface area contributed by atoms with Crippen LogP contribution >= 0.6 is 11.6 Å². The Morgan fingerprint density at radius 3 is 2.71 bits per heavy atom. The monoisotopic (exact) mass is 351 g/mol. The number of nitrogens with one attached hydrogen (secondary N) is 2. The van der Waals surface area contributed by atoms with Crippen molar-refractivity contribution in [3.8, 4) is 23.8 Å². The fraction of sp³-hybridized carbons (Fsp3) is 0.312. The number of rotatable bonds is 6. The highest BCUT2D eigenvalue weighted by molar-refractivity contribution is 6.35. The van der Waals surface area contributed by atoms with Crippen LogP contribution < -0.4 is 20.2 Å². The molecule has 0 fully saturated rings. The van der Waals surface area contributed by atoms with E-state index in [4.69, 9.17) is 27.5 Å². The SMILES string of the molecule is C#CCOc1c(Cl)cc(/C=N\NC(=O)C(=O)NC(C)C)cc1OC. The number of halogens is 1. The molecule has 24 heavy (non-hydrogen) atoms. The summed E-state index contributed by atoms with van der Waals surface area (Å²) in [5, 5.41) is 6.43. The fourth-order valence-electron chi connectivity index (χ4n) is 1.61. The van der Waals surface area contributed by atoms with Crippen molar-refractivity contribution in [2.24, 2.45) is 5.10 Å². The van der Waals surface area contributed by atoms with Crippen molar-refractivity contribution in [1.29, 1.82) is 0 Å². The average molecular weight is 352 g/mol. The van der Waals surface area contributed by atoms with Gasteiger partial charge in [0.25, 0.3) is 0 Å². The predicted octanol–water partition coefficient (Wildman–Crippen LogP) is 1.34. The molecule has 0 aliphatic heterocycles. The van der Waals surface area contributed by atoms with Gasteiger partial charge in [-0.25, -0.2) is 5.43 Å². The number of terminal acetylenes is 1. The molecule has 0 heterocycles. The Kier molecular flexibility index (Phi) is 7.59. The van der Waals surface area contributed by atoms with E-state index in [0.29, 0.717) is 17.1 Å². The molecule has 8 heteroatoms. The van der Waals surface area contributed by atoms with Crippen LogP contribution in [0.15, 0.2) is 17.2 Å². The molecule has 0 aliphatic carbocycles. The lowest BCUT2D eigenvalue weighted by atomic mass is 10.2. The number of hydrogen-bond donors (Lipinski definition) is 2. The molecule has 2 amide bonds. The zero-order chi connectivity index (χ0) is 18.1. The van der Waals surface area contributed by atoms with Gasteiger partial charge in [0.05, 0.1) is 18.3 Å². The topological polar surface area (TPSA) is 89.0 Å². The Balaban J connectivity index is 2.81. The summed E-state index contributed by atoms with van der Waals surface area (Å²) in [5.74, 6) is 1.37. The van der Waals surface area contributed by atoms with Crippen molar-refractivity contribution in [3.63, 3.8) is 0 Å². The van der Waals surface area contributed by atoms with E-state index in [1.165, 1.54) is 13.3 Å². The third-order valence-corrected chi connectivity index (χ3v) is 2.84. The van der Waals surface area contributed by atoms with Gasteiger partial charge < -0.3 is 14.8 Å². The molecule has 1 aromatic carbocycles. The van der Waals surface area contributed by atoms with Gasteiger partial charge in [-0.1, -0.05) is 17.5 Å². The molecule has 0 saturated heterocycles. The zero-order valence-electron chi connectivity index (χ0n) is 13.6. The van der Waals surface area contributed by atoms with Crippen LogP contribution in [0.1, 0.15) is 19.4 Å². The maximum atomic E-state index is 11.5. The van der Waals surface area contributed by atoms with Crippen LogP contribution in [-0.2, 0) is 9.59 Å². The van der Waals surface area contributed by atoms with E-state index < -0.39 is 11.8 Å². The number of carbonyl (C=O) groups is 2. The largest absolute Gasteiger partial charge is 0.493 e. The van der Waals surface area contributed by atoms with Gasteiger partial charge in [0.1, 0.15) is 6.61 Å². The minimum absolute atomic E-state index is 0.0462. The van der Waals surface area contributed by atoms with Crippen LogP contribution in [0.4, 0.5) is 0 Å². The predicted molar refractivity (Wildman–Crippen MR) is 91.3 cm³/mol. The standard InChI is InChI=1S/C16H18ClN3O4/c1-5-6-24-14-12(17)7-11(8-13(14)23-4)9-18-20-16(22)15(21)19-10(2)3/h1,7-10H,6H2,2-4H3,(H,19,21)(H,20,22)/b18-9-. The minimum atomic E-state index is -0.869.